The largest absolute Gasteiger partial charge is 0.342 e. The molecule has 3 amide bonds. The van der Waals surface area contributed by atoms with Crippen LogP contribution in [-0.4, -0.2) is 71.7 Å². The van der Waals surface area contributed by atoms with Gasteiger partial charge in [-0.1, -0.05) is 232 Å². The average Bonchev–Trinajstić information content (AvgIpc) is 3.40. The van der Waals surface area contributed by atoms with Gasteiger partial charge in [0, 0.05) is 51.1 Å². The van der Waals surface area contributed by atoms with E-state index in [-0.39, 0.29) is 5.92 Å². The Morgan fingerprint density at radius 2 is 0.594 bits per heavy atom. The zero-order valence-electron chi connectivity index (χ0n) is 46.7. The summed E-state index contributed by atoms with van der Waals surface area (Å²) >= 11 is 0. The molecule has 0 bridgehead atoms. The third-order valence-electron chi connectivity index (χ3n) is 15.7. The zero-order valence-corrected chi connectivity index (χ0v) is 46.7. The number of carbonyl (C=O) groups is 3. The van der Waals surface area contributed by atoms with Gasteiger partial charge < -0.3 is 14.7 Å². The molecule has 0 spiro atoms. The molecule has 1 aromatic rings. The lowest BCUT2D eigenvalue weighted by Crippen LogP contribution is -2.39. The molecule has 0 aromatic heterocycles. The second-order valence-corrected chi connectivity index (χ2v) is 21.9. The first kappa shape index (κ1) is 62.7. The third kappa shape index (κ3) is 30.3. The van der Waals surface area contributed by atoms with Crippen molar-refractivity contribution in [1.82, 2.24) is 14.7 Å². The summed E-state index contributed by atoms with van der Waals surface area (Å²) in [6, 6.07) is 10.4. The number of carbonyl (C=O) groups excluding carboxylic acids is 3. The van der Waals surface area contributed by atoms with Crippen molar-refractivity contribution in [2.24, 2.45) is 11.8 Å². The fourth-order valence-corrected chi connectivity index (χ4v) is 11.1. The van der Waals surface area contributed by atoms with Crippen LogP contribution in [0.5, 0.6) is 0 Å². The summed E-state index contributed by atoms with van der Waals surface area (Å²) in [6.45, 7) is 17.3. The summed E-state index contributed by atoms with van der Waals surface area (Å²) < 4.78 is 0. The minimum atomic E-state index is 0.0705. The van der Waals surface area contributed by atoms with Crippen LogP contribution in [0.3, 0.4) is 0 Å². The Morgan fingerprint density at radius 3 is 0.913 bits per heavy atom. The van der Waals surface area contributed by atoms with Gasteiger partial charge in [0.1, 0.15) is 0 Å². The van der Waals surface area contributed by atoms with E-state index in [2.05, 4.69) is 73.6 Å². The van der Waals surface area contributed by atoms with Crippen molar-refractivity contribution in [2.45, 2.75) is 297 Å². The SMILES string of the molecule is CCCCCCC(C(=O)N1CCCCC1)c1ccccc1.CCCCCCC(CCCCCC)C(=O)N1CCCCC1.CCCCCCCCCCC(CCCCCCCC)C(=O)N1CCCCC1. The first-order valence-electron chi connectivity index (χ1n) is 30.8. The molecular weight excluding hydrogens is 847 g/mol. The standard InChI is InChI=1S/C25H49NO.C19H29NO.C19H37NO/c1-3-5-7-9-11-12-14-17-21-24(20-16-13-10-8-6-4-2)25(27)26-22-18-15-19-23-26;1-2-3-4-9-14-18(17-12-7-5-8-13-17)19(21)20-15-10-6-11-16-20;1-3-5-7-10-14-18(15-11-8-6-4-2)19(21)20-16-12-9-13-17-20/h24H,3-23H2,1-2H3;5,7-8,12-13,18H,2-4,6,9-11,14-16H2,1H3;18H,3-17H2,1-2H3. The molecule has 2 unspecified atom stereocenters. The van der Waals surface area contributed by atoms with Gasteiger partial charge in [0.25, 0.3) is 0 Å². The lowest BCUT2D eigenvalue weighted by Gasteiger charge is -2.30. The van der Waals surface area contributed by atoms with Gasteiger partial charge in [-0.05, 0) is 95.5 Å². The van der Waals surface area contributed by atoms with Gasteiger partial charge >= 0.3 is 0 Å². The van der Waals surface area contributed by atoms with E-state index in [0.717, 1.165) is 77.8 Å². The molecule has 400 valence electrons. The Kier molecular flexibility index (Phi) is 40.3. The third-order valence-corrected chi connectivity index (χ3v) is 15.7. The molecule has 3 fully saturated rings. The van der Waals surface area contributed by atoms with Crippen LogP contribution in [0.1, 0.15) is 303 Å². The Morgan fingerprint density at radius 1 is 0.333 bits per heavy atom. The van der Waals surface area contributed by atoms with Crippen molar-refractivity contribution in [3.05, 3.63) is 35.9 Å². The Balaban J connectivity index is 0.000000359. The van der Waals surface area contributed by atoms with E-state index in [0.29, 0.717) is 29.6 Å². The van der Waals surface area contributed by atoms with Gasteiger partial charge in [-0.3, -0.25) is 14.4 Å². The molecule has 3 aliphatic rings. The number of piperidine rings is 3. The van der Waals surface area contributed by atoms with Crippen molar-refractivity contribution in [1.29, 1.82) is 0 Å². The van der Waals surface area contributed by atoms with Gasteiger partial charge in [-0.25, -0.2) is 0 Å². The maximum absolute atomic E-state index is 13.0. The van der Waals surface area contributed by atoms with E-state index in [1.165, 1.54) is 224 Å². The number of hydrogen-bond acceptors (Lipinski definition) is 3. The number of unbranched alkanes of at least 4 members (excludes halogenated alkanes) is 21. The molecule has 1 aromatic carbocycles. The zero-order chi connectivity index (χ0) is 49.8. The predicted octanol–water partition coefficient (Wildman–Crippen LogP) is 18.2. The molecule has 6 nitrogen and oxygen atoms in total. The summed E-state index contributed by atoms with van der Waals surface area (Å²) in [5.74, 6) is 2.03. The van der Waals surface area contributed by atoms with Crippen molar-refractivity contribution >= 4 is 17.7 Å². The first-order chi connectivity index (χ1) is 33.9. The predicted molar refractivity (Wildman–Crippen MR) is 299 cm³/mol. The average molecular weight is 963 g/mol. The van der Waals surface area contributed by atoms with Crippen LogP contribution in [0, 0.1) is 11.8 Å². The van der Waals surface area contributed by atoms with Crippen LogP contribution >= 0.6 is 0 Å². The molecular formula is C63H115N3O3. The van der Waals surface area contributed by atoms with Crippen LogP contribution in [0.2, 0.25) is 0 Å². The molecule has 4 rings (SSSR count). The second-order valence-electron chi connectivity index (χ2n) is 21.9. The van der Waals surface area contributed by atoms with Crippen LogP contribution in [-0.2, 0) is 14.4 Å². The molecule has 3 aliphatic heterocycles. The van der Waals surface area contributed by atoms with Crippen molar-refractivity contribution in [3.63, 3.8) is 0 Å². The Labute approximate surface area is 429 Å². The van der Waals surface area contributed by atoms with Gasteiger partial charge in [-0.2, -0.15) is 0 Å². The lowest BCUT2D eigenvalue weighted by atomic mass is 9.91. The summed E-state index contributed by atoms with van der Waals surface area (Å²) in [6.07, 6.45) is 50.7. The smallest absolute Gasteiger partial charge is 0.230 e. The topological polar surface area (TPSA) is 60.9 Å². The van der Waals surface area contributed by atoms with Crippen molar-refractivity contribution in [2.75, 3.05) is 39.3 Å². The highest BCUT2D eigenvalue weighted by atomic mass is 16.2. The molecule has 6 heteroatoms. The molecule has 0 saturated carbocycles. The highest BCUT2D eigenvalue weighted by molar-refractivity contribution is 5.84. The normalized spacial score (nSPS) is 16.1. The van der Waals surface area contributed by atoms with E-state index in [1.807, 2.05) is 6.07 Å². The summed E-state index contributed by atoms with van der Waals surface area (Å²) in [7, 11) is 0. The van der Waals surface area contributed by atoms with Crippen LogP contribution in [0.4, 0.5) is 0 Å². The van der Waals surface area contributed by atoms with E-state index in [9.17, 15) is 14.4 Å². The minimum absolute atomic E-state index is 0.0705. The number of benzene rings is 1. The molecule has 0 aliphatic carbocycles. The summed E-state index contributed by atoms with van der Waals surface area (Å²) in [4.78, 5) is 45.1. The maximum Gasteiger partial charge on any atom is 0.230 e. The maximum atomic E-state index is 13.0. The first-order valence-corrected chi connectivity index (χ1v) is 30.8. The summed E-state index contributed by atoms with van der Waals surface area (Å²) in [5, 5.41) is 0. The molecule has 0 N–H and O–H groups in total. The van der Waals surface area contributed by atoms with Gasteiger partial charge in [0.05, 0.1) is 5.92 Å². The van der Waals surface area contributed by atoms with E-state index in [4.69, 9.17) is 0 Å². The molecule has 0 radical (unpaired) electrons. The van der Waals surface area contributed by atoms with Crippen molar-refractivity contribution in [3.8, 4) is 0 Å². The van der Waals surface area contributed by atoms with Crippen molar-refractivity contribution < 1.29 is 14.4 Å². The Bertz CT molecular complexity index is 1310. The highest BCUT2D eigenvalue weighted by Gasteiger charge is 2.28. The molecule has 69 heavy (non-hydrogen) atoms. The van der Waals surface area contributed by atoms with E-state index < -0.39 is 0 Å². The van der Waals surface area contributed by atoms with E-state index in [1.54, 1.807) is 0 Å². The van der Waals surface area contributed by atoms with Crippen LogP contribution in [0.25, 0.3) is 0 Å². The number of rotatable bonds is 35. The second kappa shape index (κ2) is 44.3. The number of amides is 3. The minimum Gasteiger partial charge on any atom is -0.342 e. The number of likely N-dealkylation sites (tertiary alicyclic amines) is 3. The monoisotopic (exact) mass is 962 g/mol. The molecule has 2 atom stereocenters. The summed E-state index contributed by atoms with van der Waals surface area (Å²) in [5.41, 5.74) is 1.20. The van der Waals surface area contributed by atoms with Crippen LogP contribution < -0.4 is 0 Å². The van der Waals surface area contributed by atoms with Gasteiger partial charge in [-0.15, -0.1) is 0 Å². The molecule has 3 saturated heterocycles. The fraction of sp³-hybridized carbons (Fsp3) is 0.857. The molecule has 3 heterocycles. The number of nitrogens with zero attached hydrogens (tertiary/aromatic N) is 3. The highest BCUT2D eigenvalue weighted by Crippen LogP contribution is 2.28. The van der Waals surface area contributed by atoms with Crippen LogP contribution in [0.15, 0.2) is 30.3 Å². The fourth-order valence-electron chi connectivity index (χ4n) is 11.1. The van der Waals surface area contributed by atoms with E-state index >= 15 is 0 Å². The van der Waals surface area contributed by atoms with Gasteiger partial charge in [0.15, 0.2) is 0 Å². The number of hydrogen-bond donors (Lipinski definition) is 0. The lowest BCUT2D eigenvalue weighted by molar-refractivity contribution is -0.137. The van der Waals surface area contributed by atoms with Gasteiger partial charge in [0.2, 0.25) is 17.7 Å². The quantitative estimate of drug-likeness (QED) is 0.0637. The Hall–Kier alpha value is -2.37.